The first-order valence-electron chi connectivity index (χ1n) is 9.41. The Labute approximate surface area is 198 Å². The molecule has 3 aromatic rings. The van der Waals surface area contributed by atoms with Gasteiger partial charge in [0.1, 0.15) is 11.3 Å². The zero-order chi connectivity index (χ0) is 23.8. The third-order valence-corrected chi connectivity index (χ3v) is 7.19. The molecule has 1 atom stereocenters. The van der Waals surface area contributed by atoms with E-state index in [4.69, 9.17) is 14.9 Å². The third kappa shape index (κ3) is 4.65. The van der Waals surface area contributed by atoms with Crippen LogP contribution in [0.2, 0.25) is 0 Å². The first-order valence-corrected chi connectivity index (χ1v) is 12.0. The van der Waals surface area contributed by atoms with Gasteiger partial charge in [-0.1, -0.05) is 12.1 Å². The molecule has 170 valence electrons. The van der Waals surface area contributed by atoms with E-state index >= 15 is 0 Å². The summed E-state index contributed by atoms with van der Waals surface area (Å²) in [6, 6.07) is 8.39. The lowest BCUT2D eigenvalue weighted by Crippen LogP contribution is -2.25. The van der Waals surface area contributed by atoms with Gasteiger partial charge in [-0.3, -0.25) is 0 Å². The predicted octanol–water partition coefficient (Wildman–Crippen LogP) is 2.72. The number of hydrogen-bond donors (Lipinski definition) is 2. The summed E-state index contributed by atoms with van der Waals surface area (Å²) < 4.78 is 38.0. The number of nitrogens with one attached hydrogen (secondary N) is 1. The lowest BCUT2D eigenvalue weighted by atomic mass is 9.95. The normalized spacial score (nSPS) is 12.6. The Morgan fingerprint density at radius 2 is 1.94 bits per heavy atom. The fraction of sp³-hybridized carbons (Fsp3) is 0.238. The molecular weight excluding hydrogens is 549 g/mol. The highest BCUT2D eigenvalue weighted by molar-refractivity contribution is 14.1. The van der Waals surface area contributed by atoms with Gasteiger partial charge >= 0.3 is 11.7 Å². The number of sulfonamides is 1. The molecule has 0 aliphatic heterocycles. The summed E-state index contributed by atoms with van der Waals surface area (Å²) in [5.41, 5.74) is 7.22. The van der Waals surface area contributed by atoms with Crippen molar-refractivity contribution in [1.82, 2.24) is 9.62 Å². The lowest BCUT2D eigenvalue weighted by Gasteiger charge is -2.17. The Kier molecular flexibility index (Phi) is 6.93. The van der Waals surface area contributed by atoms with Crippen LogP contribution in [0.1, 0.15) is 22.7 Å². The quantitative estimate of drug-likeness (QED) is 0.356. The van der Waals surface area contributed by atoms with E-state index in [1.54, 1.807) is 39.2 Å². The Hall–Kier alpha value is -2.48. The molecule has 1 aromatic heterocycles. The summed E-state index contributed by atoms with van der Waals surface area (Å²) in [4.78, 5) is 26.1. The number of hydrogen-bond acceptors (Lipinski definition) is 7. The highest BCUT2D eigenvalue weighted by Gasteiger charge is 2.23. The summed E-state index contributed by atoms with van der Waals surface area (Å²) in [6.07, 6.45) is -0.559. The summed E-state index contributed by atoms with van der Waals surface area (Å²) >= 11 is 2.03. The second kappa shape index (κ2) is 9.17. The molecule has 0 bridgehead atoms. The van der Waals surface area contributed by atoms with E-state index in [1.807, 2.05) is 22.6 Å². The van der Waals surface area contributed by atoms with E-state index in [0.717, 1.165) is 0 Å². The van der Waals surface area contributed by atoms with Crippen LogP contribution in [-0.2, 0) is 10.0 Å². The van der Waals surface area contributed by atoms with Crippen molar-refractivity contribution in [3.63, 3.8) is 0 Å². The minimum absolute atomic E-state index is 0.0395. The average molecular weight is 571 g/mol. The predicted molar refractivity (Wildman–Crippen MR) is 128 cm³/mol. The van der Waals surface area contributed by atoms with Gasteiger partial charge in [0.25, 0.3) is 0 Å². The number of amides is 1. The minimum Gasteiger partial charge on any atom is -0.422 e. The van der Waals surface area contributed by atoms with Crippen molar-refractivity contribution >= 4 is 49.7 Å². The van der Waals surface area contributed by atoms with Crippen LogP contribution in [0.3, 0.4) is 0 Å². The maximum Gasteiger partial charge on any atom is 0.414 e. The molecule has 0 saturated carbocycles. The van der Waals surface area contributed by atoms with Crippen molar-refractivity contribution in [1.29, 1.82) is 0 Å². The lowest BCUT2D eigenvalue weighted by molar-refractivity contribution is 0.171. The number of nitrogens with two attached hydrogens (primary N) is 1. The van der Waals surface area contributed by atoms with E-state index in [1.165, 1.54) is 30.1 Å². The number of halogens is 1. The van der Waals surface area contributed by atoms with Gasteiger partial charge in [-0.15, -0.1) is 0 Å². The molecule has 1 unspecified atom stereocenters. The second-order valence-electron chi connectivity index (χ2n) is 7.23. The average Bonchev–Trinajstić information content (AvgIpc) is 2.75. The molecule has 32 heavy (non-hydrogen) atoms. The van der Waals surface area contributed by atoms with Crippen molar-refractivity contribution in [3.05, 3.63) is 67.1 Å². The summed E-state index contributed by atoms with van der Waals surface area (Å²) in [5.74, 6) is 0.265. The molecule has 3 rings (SSSR count). The van der Waals surface area contributed by atoms with E-state index in [9.17, 15) is 18.0 Å². The summed E-state index contributed by atoms with van der Waals surface area (Å²) in [6.45, 7) is 1.74. The molecule has 0 aliphatic rings. The third-order valence-electron chi connectivity index (χ3n) is 4.93. The molecule has 11 heteroatoms. The fourth-order valence-electron chi connectivity index (χ4n) is 3.15. The van der Waals surface area contributed by atoms with E-state index in [0.29, 0.717) is 20.1 Å². The SMILES string of the molecule is CNS(=O)(=O)c1cccc(C(N)c2c(C)c3cc(I)c(OC(=O)N(C)C)cc3oc2=O)c1. The van der Waals surface area contributed by atoms with E-state index in [-0.39, 0.29) is 21.8 Å². The maximum atomic E-state index is 12.8. The Balaban J connectivity index is 2.12. The second-order valence-corrected chi connectivity index (χ2v) is 10.3. The van der Waals surface area contributed by atoms with Crippen LogP contribution >= 0.6 is 22.6 Å². The highest BCUT2D eigenvalue weighted by Crippen LogP contribution is 2.32. The van der Waals surface area contributed by atoms with Crippen molar-refractivity contribution in [2.75, 3.05) is 21.1 Å². The van der Waals surface area contributed by atoms with Gasteiger partial charge in [0, 0.05) is 25.5 Å². The number of benzene rings is 2. The van der Waals surface area contributed by atoms with Gasteiger partial charge in [-0.05, 0) is 65.9 Å². The molecular formula is C21H22IN3O6S. The van der Waals surface area contributed by atoms with Crippen molar-refractivity contribution in [2.45, 2.75) is 17.9 Å². The number of fused-ring (bicyclic) bond motifs is 1. The van der Waals surface area contributed by atoms with Gasteiger partial charge < -0.3 is 19.8 Å². The zero-order valence-corrected chi connectivity index (χ0v) is 20.8. The molecule has 0 fully saturated rings. The molecule has 0 aliphatic carbocycles. The monoisotopic (exact) mass is 571 g/mol. The molecule has 1 heterocycles. The number of nitrogens with zero attached hydrogens (tertiary/aromatic N) is 1. The van der Waals surface area contributed by atoms with Gasteiger partial charge in [-0.2, -0.15) is 0 Å². The van der Waals surface area contributed by atoms with Crippen LogP contribution < -0.4 is 20.8 Å². The molecule has 0 saturated heterocycles. The van der Waals surface area contributed by atoms with E-state index in [2.05, 4.69) is 4.72 Å². The van der Waals surface area contributed by atoms with Crippen LogP contribution in [0, 0.1) is 10.5 Å². The molecule has 3 N–H and O–H groups in total. The van der Waals surface area contributed by atoms with E-state index < -0.39 is 27.8 Å². The molecule has 9 nitrogen and oxygen atoms in total. The Morgan fingerprint density at radius 3 is 2.56 bits per heavy atom. The Morgan fingerprint density at radius 1 is 1.25 bits per heavy atom. The first-order chi connectivity index (χ1) is 15.0. The smallest absolute Gasteiger partial charge is 0.414 e. The molecule has 0 spiro atoms. The highest BCUT2D eigenvalue weighted by atomic mass is 127. The van der Waals surface area contributed by atoms with Gasteiger partial charge in [0.2, 0.25) is 10.0 Å². The van der Waals surface area contributed by atoms with Crippen LogP contribution in [-0.4, -0.2) is 40.6 Å². The van der Waals surface area contributed by atoms with Crippen molar-refractivity contribution in [2.24, 2.45) is 5.73 Å². The Bertz CT molecular complexity index is 1370. The summed E-state index contributed by atoms with van der Waals surface area (Å²) in [7, 11) is 0.765. The van der Waals surface area contributed by atoms with Crippen molar-refractivity contribution in [3.8, 4) is 5.75 Å². The first kappa shape index (κ1) is 24.2. The number of carbonyl (C=O) groups is 1. The number of ether oxygens (including phenoxy) is 1. The van der Waals surface area contributed by atoms with Crippen LogP contribution in [0.5, 0.6) is 5.75 Å². The van der Waals surface area contributed by atoms with Crippen molar-refractivity contribution < 1.29 is 22.4 Å². The minimum atomic E-state index is -3.67. The van der Waals surface area contributed by atoms with Gasteiger partial charge in [-0.25, -0.2) is 22.7 Å². The molecule has 2 aromatic carbocycles. The number of carbonyl (C=O) groups excluding carboxylic acids is 1. The standard InChI is InChI=1S/C21H22IN3O6S/c1-11-14-9-15(22)17(31-21(27)25(3)4)10-16(14)30-20(26)18(11)19(23)12-6-5-7-13(8-12)32(28,29)24-2/h5-10,19,24H,23H2,1-4H3. The number of aryl methyl sites for hydroxylation is 1. The molecule has 0 radical (unpaired) electrons. The van der Waals surface area contributed by atoms with Crippen LogP contribution in [0.15, 0.2) is 50.5 Å². The maximum absolute atomic E-state index is 12.8. The van der Waals surface area contributed by atoms with Crippen LogP contribution in [0.4, 0.5) is 4.79 Å². The van der Waals surface area contributed by atoms with Crippen LogP contribution in [0.25, 0.3) is 11.0 Å². The van der Waals surface area contributed by atoms with Gasteiger partial charge in [0.15, 0.2) is 0 Å². The topological polar surface area (TPSA) is 132 Å². The zero-order valence-electron chi connectivity index (χ0n) is 17.8. The largest absolute Gasteiger partial charge is 0.422 e. The number of rotatable bonds is 5. The fourth-order valence-corrected chi connectivity index (χ4v) is 4.51. The molecule has 1 amide bonds. The summed E-state index contributed by atoms with van der Waals surface area (Å²) in [5, 5.41) is 0.628. The van der Waals surface area contributed by atoms with Gasteiger partial charge in [0.05, 0.1) is 20.1 Å².